The van der Waals surface area contributed by atoms with Gasteiger partial charge >= 0.3 is 18.5 Å². The molecule has 254 valence electrons. The van der Waals surface area contributed by atoms with Crippen LogP contribution in [0, 0.1) is 86.2 Å². The van der Waals surface area contributed by atoms with E-state index in [-0.39, 0.29) is 12.1 Å². The number of allylic oxidation sites excluding steroid dienone is 6. The van der Waals surface area contributed by atoms with Crippen molar-refractivity contribution in [1.29, 1.82) is 36.8 Å². The van der Waals surface area contributed by atoms with Crippen molar-refractivity contribution < 1.29 is 39.5 Å². The zero-order chi connectivity index (χ0) is 39.1. The minimum Gasteiger partial charge on any atom is -0.398 e. The number of aryl methyl sites for hydroxylation is 1. The topological polar surface area (TPSA) is 193 Å². The van der Waals surface area contributed by atoms with Gasteiger partial charge in [0.15, 0.2) is 0 Å². The van der Waals surface area contributed by atoms with E-state index in [1.807, 2.05) is 0 Å². The molecule has 1 aliphatic rings. The Morgan fingerprint density at radius 2 is 0.827 bits per heavy atom. The molecule has 4 rings (SSSR count). The number of rotatable bonds is 3. The molecule has 0 heterocycles. The van der Waals surface area contributed by atoms with Crippen molar-refractivity contribution >= 4 is 22.4 Å². The highest BCUT2D eigenvalue weighted by Gasteiger charge is 2.48. The number of hydrogen-bond acceptors (Lipinski definition) is 8. The summed E-state index contributed by atoms with van der Waals surface area (Å²) >= 11 is 0. The van der Waals surface area contributed by atoms with Gasteiger partial charge in [-0.2, -0.15) is 76.3 Å². The SMILES string of the molecule is Cc1cc(C#N)cc(C(F)(F)F)c1/C(C#N)=C1/C(=C(C#N)c2c(C#N)cc(C#N)cc2C(F)(F)F)/C1=C(/C#N)c1c(N)cc(C#N)cc1C(F)(F)F. The van der Waals surface area contributed by atoms with E-state index in [9.17, 15) is 76.3 Å². The highest BCUT2D eigenvalue weighted by molar-refractivity contribution is 6.14. The average Bonchev–Trinajstić information content (AvgIpc) is 3.78. The molecule has 0 aromatic heterocycles. The fraction of sp³-hybridized carbons (Fsp3) is 0.114. The van der Waals surface area contributed by atoms with Crippen LogP contribution in [-0.2, 0) is 18.5 Å². The average molecular weight is 715 g/mol. The predicted octanol–water partition coefficient (Wildman–Crippen LogP) is 8.37. The zero-order valence-electron chi connectivity index (χ0n) is 25.6. The van der Waals surface area contributed by atoms with Crippen LogP contribution in [0.1, 0.15) is 61.2 Å². The van der Waals surface area contributed by atoms with Crippen molar-refractivity contribution in [2.75, 3.05) is 5.73 Å². The molecule has 0 bridgehead atoms. The van der Waals surface area contributed by atoms with E-state index in [4.69, 9.17) is 5.73 Å². The summed E-state index contributed by atoms with van der Waals surface area (Å²) in [5.41, 5.74) is -13.1. The summed E-state index contributed by atoms with van der Waals surface area (Å²) in [6.07, 6.45) is -16.1. The van der Waals surface area contributed by atoms with Crippen LogP contribution >= 0.6 is 0 Å². The Morgan fingerprint density at radius 1 is 0.481 bits per heavy atom. The number of halogens is 9. The van der Waals surface area contributed by atoms with Gasteiger partial charge in [0.2, 0.25) is 0 Å². The number of nitrogen functional groups attached to an aromatic ring is 1. The smallest absolute Gasteiger partial charge is 0.398 e. The fourth-order valence-corrected chi connectivity index (χ4v) is 5.57. The first-order chi connectivity index (χ1) is 24.2. The van der Waals surface area contributed by atoms with Crippen LogP contribution in [0.25, 0.3) is 16.7 Å². The van der Waals surface area contributed by atoms with Crippen molar-refractivity contribution in [3.05, 3.63) is 114 Å². The molecule has 8 nitrogen and oxygen atoms in total. The maximum Gasteiger partial charge on any atom is 0.417 e. The Hall–Kier alpha value is -7.52. The zero-order valence-corrected chi connectivity index (χ0v) is 25.6. The van der Waals surface area contributed by atoms with Crippen molar-refractivity contribution in [2.45, 2.75) is 25.5 Å². The summed E-state index contributed by atoms with van der Waals surface area (Å²) in [5, 5.41) is 68.5. The minimum atomic E-state index is -5.43. The molecule has 17 heteroatoms. The molecule has 3 aromatic rings. The highest BCUT2D eigenvalue weighted by Crippen LogP contribution is 2.59. The fourth-order valence-electron chi connectivity index (χ4n) is 5.57. The molecule has 3 aromatic carbocycles. The van der Waals surface area contributed by atoms with E-state index in [2.05, 4.69) is 0 Å². The van der Waals surface area contributed by atoms with Crippen LogP contribution < -0.4 is 5.73 Å². The van der Waals surface area contributed by atoms with Gasteiger partial charge in [-0.25, -0.2) is 0 Å². The number of nitrogens with zero attached hydrogens (tertiary/aromatic N) is 7. The molecule has 0 aliphatic heterocycles. The van der Waals surface area contributed by atoms with Crippen LogP contribution in [-0.4, -0.2) is 0 Å². The first-order valence-electron chi connectivity index (χ1n) is 13.8. The van der Waals surface area contributed by atoms with Gasteiger partial charge in [-0.05, 0) is 48.9 Å². The summed E-state index contributed by atoms with van der Waals surface area (Å²) < 4.78 is 130. The van der Waals surface area contributed by atoms with Gasteiger partial charge in [0.25, 0.3) is 0 Å². The van der Waals surface area contributed by atoms with Crippen LogP contribution in [0.4, 0.5) is 45.2 Å². The lowest BCUT2D eigenvalue weighted by atomic mass is 9.90. The molecule has 0 amide bonds. The van der Waals surface area contributed by atoms with Gasteiger partial charge in [-0.3, -0.25) is 0 Å². The lowest BCUT2D eigenvalue weighted by molar-refractivity contribution is -0.138. The lowest BCUT2D eigenvalue weighted by Crippen LogP contribution is -2.12. The third-order valence-electron chi connectivity index (χ3n) is 7.59. The summed E-state index contributed by atoms with van der Waals surface area (Å²) in [6, 6.07) is 13.0. The third-order valence-corrected chi connectivity index (χ3v) is 7.59. The van der Waals surface area contributed by atoms with E-state index in [1.54, 1.807) is 0 Å². The second-order valence-corrected chi connectivity index (χ2v) is 10.7. The van der Waals surface area contributed by atoms with Gasteiger partial charge < -0.3 is 5.73 Å². The number of nitriles is 7. The highest BCUT2D eigenvalue weighted by atomic mass is 19.4. The molecule has 0 spiro atoms. The molecule has 0 saturated heterocycles. The molecular weight excluding hydrogens is 703 g/mol. The molecule has 0 atom stereocenters. The number of anilines is 1. The van der Waals surface area contributed by atoms with Crippen LogP contribution in [0.3, 0.4) is 0 Å². The molecular formula is C35H11F9N8. The largest absolute Gasteiger partial charge is 0.417 e. The van der Waals surface area contributed by atoms with E-state index in [0.29, 0.717) is 18.2 Å². The summed E-state index contributed by atoms with van der Waals surface area (Å²) in [5.74, 6) is 0. The Balaban J connectivity index is 2.42. The van der Waals surface area contributed by atoms with Gasteiger partial charge in [-0.1, -0.05) is 0 Å². The Morgan fingerprint density at radius 3 is 1.21 bits per heavy atom. The maximum absolute atomic E-state index is 14.5. The Kier molecular flexibility index (Phi) is 9.38. The third kappa shape index (κ3) is 6.45. The van der Waals surface area contributed by atoms with Crippen molar-refractivity contribution in [3.63, 3.8) is 0 Å². The monoisotopic (exact) mass is 714 g/mol. The Labute approximate surface area is 286 Å². The first-order valence-corrected chi connectivity index (χ1v) is 13.8. The second-order valence-electron chi connectivity index (χ2n) is 10.7. The molecule has 0 radical (unpaired) electrons. The summed E-state index contributed by atoms with van der Waals surface area (Å²) in [6.45, 7) is 1.02. The van der Waals surface area contributed by atoms with Gasteiger partial charge in [0.05, 0.1) is 79.9 Å². The number of nitrogens with two attached hydrogens (primary N) is 1. The van der Waals surface area contributed by atoms with E-state index in [0.717, 1.165) is 13.0 Å². The molecule has 1 fully saturated rings. The Bertz CT molecular complexity index is 2400. The molecule has 2 N–H and O–H groups in total. The number of benzene rings is 3. The van der Waals surface area contributed by atoms with Crippen molar-refractivity contribution in [3.8, 4) is 42.5 Å². The lowest BCUT2D eigenvalue weighted by Gasteiger charge is -2.16. The molecule has 1 saturated carbocycles. The number of alkyl halides is 9. The van der Waals surface area contributed by atoms with Crippen molar-refractivity contribution in [2.24, 2.45) is 0 Å². The van der Waals surface area contributed by atoms with E-state index in [1.165, 1.54) is 42.5 Å². The molecule has 52 heavy (non-hydrogen) atoms. The van der Waals surface area contributed by atoms with Gasteiger partial charge in [0.1, 0.15) is 18.2 Å². The predicted molar refractivity (Wildman–Crippen MR) is 160 cm³/mol. The normalized spacial score (nSPS) is 15.4. The van der Waals surface area contributed by atoms with Crippen LogP contribution in [0.5, 0.6) is 0 Å². The number of hydrogen-bond donors (Lipinski definition) is 1. The van der Waals surface area contributed by atoms with Crippen LogP contribution in [0.2, 0.25) is 0 Å². The standard InChI is InChI=1S/C35H11F9N8/c1-15-2-16(8-45)4-23(33(36,37)38)27(15)20(12-49)30-31(21(13-50)28-19(11-48)3-17(9-46)5-24(28)34(39,40)41)32(30)22(14-51)29-25(35(42,43)44)6-18(10-47)7-26(29)52/h2-7H,52H2,1H3/b30-20-,31-21?,32-22-. The van der Waals surface area contributed by atoms with E-state index < -0.39 is 119 Å². The molecule has 1 aliphatic carbocycles. The maximum atomic E-state index is 14.5. The van der Waals surface area contributed by atoms with Gasteiger partial charge in [-0.15, -0.1) is 0 Å². The van der Waals surface area contributed by atoms with E-state index >= 15 is 0 Å². The quantitative estimate of drug-likeness (QED) is 0.159. The first kappa shape index (κ1) is 37.3. The van der Waals surface area contributed by atoms with Crippen molar-refractivity contribution in [1.82, 2.24) is 0 Å². The van der Waals surface area contributed by atoms with Crippen LogP contribution in [0.15, 0.2) is 53.1 Å². The van der Waals surface area contributed by atoms with Gasteiger partial charge in [0, 0.05) is 39.1 Å². The summed E-state index contributed by atoms with van der Waals surface area (Å²) in [7, 11) is 0. The summed E-state index contributed by atoms with van der Waals surface area (Å²) in [4.78, 5) is 0. The minimum absolute atomic E-state index is 0.243. The molecule has 0 unspecified atom stereocenters. The second kappa shape index (κ2) is 13.1.